The molecule has 1 fully saturated rings. The molecule has 2 aromatic carbocycles. The summed E-state index contributed by atoms with van der Waals surface area (Å²) in [5.74, 6) is -0.681. The van der Waals surface area contributed by atoms with E-state index in [-0.39, 0.29) is 6.61 Å². The molecule has 0 saturated heterocycles. The van der Waals surface area contributed by atoms with Gasteiger partial charge in [-0.05, 0) is 36.6 Å². The Kier molecular flexibility index (Phi) is 4.74. The largest absolute Gasteiger partial charge is 0.489 e. The molecule has 2 N–H and O–H groups in total. The number of amides is 1. The molecular weight excluding hydrogens is 318 g/mol. The Labute approximate surface area is 146 Å². The second-order valence-corrected chi connectivity index (χ2v) is 6.15. The third-order valence-electron chi connectivity index (χ3n) is 4.56. The summed E-state index contributed by atoms with van der Waals surface area (Å²) in [6.07, 6.45) is 0.394. The average molecular weight is 339 g/mol. The van der Waals surface area contributed by atoms with Crippen LogP contribution in [-0.4, -0.2) is 18.5 Å². The van der Waals surface area contributed by atoms with Gasteiger partial charge in [0.25, 0.3) is 0 Å². The van der Waals surface area contributed by atoms with E-state index in [0.29, 0.717) is 18.8 Å². The van der Waals surface area contributed by atoms with Gasteiger partial charge < -0.3 is 15.2 Å². The Morgan fingerprint density at radius 1 is 1.12 bits per heavy atom. The summed E-state index contributed by atoms with van der Waals surface area (Å²) in [6.45, 7) is 2.48. The number of hydrogen-bond donors (Lipinski definition) is 1. The van der Waals surface area contributed by atoms with Crippen molar-refractivity contribution in [3.05, 3.63) is 65.7 Å². The van der Waals surface area contributed by atoms with E-state index >= 15 is 0 Å². The van der Waals surface area contributed by atoms with Crippen LogP contribution in [0.25, 0.3) is 0 Å². The fourth-order valence-corrected chi connectivity index (χ4v) is 3.12. The summed E-state index contributed by atoms with van der Waals surface area (Å²) >= 11 is 0. The van der Waals surface area contributed by atoms with E-state index in [0.717, 1.165) is 11.1 Å². The topological polar surface area (TPSA) is 78.6 Å². The van der Waals surface area contributed by atoms with Crippen LogP contribution in [0, 0.1) is 5.92 Å². The Hall–Kier alpha value is -2.82. The highest BCUT2D eigenvalue weighted by Crippen LogP contribution is 2.55. The van der Waals surface area contributed by atoms with Crippen LogP contribution in [0.4, 0.5) is 0 Å². The highest BCUT2D eigenvalue weighted by molar-refractivity contribution is 5.97. The second kappa shape index (κ2) is 6.97. The quantitative estimate of drug-likeness (QED) is 0.787. The summed E-state index contributed by atoms with van der Waals surface area (Å²) in [6, 6.07) is 17.1. The van der Waals surface area contributed by atoms with Gasteiger partial charge in [-0.1, -0.05) is 42.5 Å². The number of carbonyl (C=O) groups is 2. The normalized spacial score (nSPS) is 21.4. The maximum absolute atomic E-state index is 12.4. The summed E-state index contributed by atoms with van der Waals surface area (Å²) in [7, 11) is 0. The first-order chi connectivity index (χ1) is 12.1. The summed E-state index contributed by atoms with van der Waals surface area (Å²) in [4.78, 5) is 24.0. The lowest BCUT2D eigenvalue weighted by molar-refractivity contribution is -0.147. The number of esters is 1. The molecule has 130 valence electrons. The standard InChI is InChI=1S/C20H21NO4/c1-2-24-19(23)20(12-17(20)18(21)22)15-8-10-16(11-9-15)25-13-14-6-4-3-5-7-14/h3-11,17H,2,12-13H2,1H3,(H2,21,22)/t17-,20-/m1/s1. The number of nitrogens with two attached hydrogens (primary N) is 1. The number of primary amides is 1. The van der Waals surface area contributed by atoms with Crippen LogP contribution < -0.4 is 10.5 Å². The maximum Gasteiger partial charge on any atom is 0.317 e. The molecule has 0 unspecified atom stereocenters. The highest BCUT2D eigenvalue weighted by atomic mass is 16.5. The van der Waals surface area contributed by atoms with Gasteiger partial charge in [0.15, 0.2) is 0 Å². The minimum atomic E-state index is -0.945. The van der Waals surface area contributed by atoms with E-state index in [1.165, 1.54) is 0 Å². The lowest BCUT2D eigenvalue weighted by Gasteiger charge is -2.16. The smallest absolute Gasteiger partial charge is 0.317 e. The molecule has 0 bridgehead atoms. The molecule has 0 radical (unpaired) electrons. The summed E-state index contributed by atoms with van der Waals surface area (Å²) in [5.41, 5.74) is 6.28. The zero-order valence-electron chi connectivity index (χ0n) is 14.1. The monoisotopic (exact) mass is 339 g/mol. The first-order valence-electron chi connectivity index (χ1n) is 8.31. The average Bonchev–Trinajstić information content (AvgIpc) is 3.39. The van der Waals surface area contributed by atoms with Crippen LogP contribution in [0.5, 0.6) is 5.75 Å². The third-order valence-corrected chi connectivity index (χ3v) is 4.56. The molecular formula is C20H21NO4. The fraction of sp³-hybridized carbons (Fsp3) is 0.300. The Morgan fingerprint density at radius 2 is 1.80 bits per heavy atom. The molecule has 5 nitrogen and oxygen atoms in total. The van der Waals surface area contributed by atoms with E-state index < -0.39 is 23.2 Å². The van der Waals surface area contributed by atoms with Crippen molar-refractivity contribution in [1.82, 2.24) is 0 Å². The molecule has 25 heavy (non-hydrogen) atoms. The molecule has 0 aliphatic heterocycles. The Balaban J connectivity index is 1.74. The predicted molar refractivity (Wildman–Crippen MR) is 92.8 cm³/mol. The molecule has 0 spiro atoms. The van der Waals surface area contributed by atoms with Crippen molar-refractivity contribution in [3.63, 3.8) is 0 Å². The van der Waals surface area contributed by atoms with E-state index in [2.05, 4.69) is 0 Å². The van der Waals surface area contributed by atoms with Gasteiger partial charge in [0, 0.05) is 0 Å². The number of hydrogen-bond acceptors (Lipinski definition) is 4. The fourth-order valence-electron chi connectivity index (χ4n) is 3.12. The zero-order valence-corrected chi connectivity index (χ0v) is 14.1. The summed E-state index contributed by atoms with van der Waals surface area (Å²) < 4.78 is 10.9. The van der Waals surface area contributed by atoms with Gasteiger partial charge in [0.1, 0.15) is 17.8 Å². The highest BCUT2D eigenvalue weighted by Gasteiger charge is 2.65. The first-order valence-corrected chi connectivity index (χ1v) is 8.31. The van der Waals surface area contributed by atoms with Crippen molar-refractivity contribution < 1.29 is 19.1 Å². The first kappa shape index (κ1) is 17.0. The van der Waals surface area contributed by atoms with Crippen molar-refractivity contribution in [2.45, 2.75) is 25.4 Å². The lowest BCUT2D eigenvalue weighted by Crippen LogP contribution is -2.30. The van der Waals surface area contributed by atoms with E-state index in [1.54, 1.807) is 31.2 Å². The van der Waals surface area contributed by atoms with Crippen LogP contribution >= 0.6 is 0 Å². The SMILES string of the molecule is CCOC(=O)[C@@]1(c2ccc(OCc3ccccc3)cc2)C[C@@H]1C(N)=O. The van der Waals surface area contributed by atoms with Crippen LogP contribution in [0.1, 0.15) is 24.5 Å². The van der Waals surface area contributed by atoms with Crippen LogP contribution in [0.15, 0.2) is 54.6 Å². The van der Waals surface area contributed by atoms with Crippen molar-refractivity contribution in [2.24, 2.45) is 11.7 Å². The number of rotatable bonds is 7. The number of benzene rings is 2. The van der Waals surface area contributed by atoms with Crippen LogP contribution in [0.2, 0.25) is 0 Å². The molecule has 0 heterocycles. The molecule has 1 aliphatic rings. The summed E-state index contributed by atoms with van der Waals surface area (Å²) in [5, 5.41) is 0. The van der Waals surface area contributed by atoms with Gasteiger partial charge in [-0.15, -0.1) is 0 Å². The van der Waals surface area contributed by atoms with Crippen LogP contribution in [0.3, 0.4) is 0 Å². The van der Waals surface area contributed by atoms with Gasteiger partial charge in [-0.25, -0.2) is 0 Å². The zero-order chi connectivity index (χ0) is 17.9. The number of ether oxygens (including phenoxy) is 2. The second-order valence-electron chi connectivity index (χ2n) is 6.15. The number of carbonyl (C=O) groups excluding carboxylic acids is 2. The molecule has 2 aromatic rings. The molecule has 0 aromatic heterocycles. The van der Waals surface area contributed by atoms with Crippen molar-refractivity contribution in [2.75, 3.05) is 6.61 Å². The maximum atomic E-state index is 12.4. The molecule has 3 rings (SSSR count). The van der Waals surface area contributed by atoms with Gasteiger partial charge >= 0.3 is 5.97 Å². The van der Waals surface area contributed by atoms with Crippen LogP contribution in [-0.2, 0) is 26.3 Å². The van der Waals surface area contributed by atoms with E-state index in [1.807, 2.05) is 30.3 Å². The molecule has 1 amide bonds. The van der Waals surface area contributed by atoms with E-state index in [4.69, 9.17) is 15.2 Å². The Bertz CT molecular complexity index is 757. The van der Waals surface area contributed by atoms with Gasteiger partial charge in [0.2, 0.25) is 5.91 Å². The van der Waals surface area contributed by atoms with Gasteiger partial charge in [-0.3, -0.25) is 9.59 Å². The third kappa shape index (κ3) is 3.36. The minimum Gasteiger partial charge on any atom is -0.489 e. The van der Waals surface area contributed by atoms with Gasteiger partial charge in [0.05, 0.1) is 12.5 Å². The molecule has 5 heteroatoms. The van der Waals surface area contributed by atoms with E-state index in [9.17, 15) is 9.59 Å². The van der Waals surface area contributed by atoms with Crippen molar-refractivity contribution >= 4 is 11.9 Å². The molecule has 2 atom stereocenters. The predicted octanol–water partition coefficient (Wildman–Crippen LogP) is 2.57. The lowest BCUT2D eigenvalue weighted by atomic mass is 9.93. The van der Waals surface area contributed by atoms with Crippen molar-refractivity contribution in [3.8, 4) is 5.75 Å². The van der Waals surface area contributed by atoms with Crippen molar-refractivity contribution in [1.29, 1.82) is 0 Å². The molecule has 1 saturated carbocycles. The Morgan fingerprint density at radius 3 is 2.36 bits per heavy atom. The molecule has 1 aliphatic carbocycles. The minimum absolute atomic E-state index is 0.268. The van der Waals surface area contributed by atoms with Gasteiger partial charge in [-0.2, -0.15) is 0 Å².